The summed E-state index contributed by atoms with van der Waals surface area (Å²) in [5, 5.41) is 2.83. The Kier molecular flexibility index (Phi) is 7.29. The minimum absolute atomic E-state index is 0.153. The Hall–Kier alpha value is -4.26. The monoisotopic (exact) mass is 484 g/mol. The normalized spacial score (nSPS) is 10.9. The van der Waals surface area contributed by atoms with Crippen molar-refractivity contribution in [2.45, 2.75) is 33.7 Å². The maximum atomic E-state index is 14.4. The van der Waals surface area contributed by atoms with E-state index in [1.165, 1.54) is 11.0 Å². The summed E-state index contributed by atoms with van der Waals surface area (Å²) < 4.78 is 16.0. The van der Waals surface area contributed by atoms with Crippen LogP contribution in [0.25, 0.3) is 16.9 Å². The molecule has 0 saturated carbocycles. The van der Waals surface area contributed by atoms with E-state index in [2.05, 4.69) is 10.3 Å². The van der Waals surface area contributed by atoms with Crippen LogP contribution in [0.3, 0.4) is 0 Å². The molecule has 3 aromatic carbocycles. The number of nitrogens with one attached hydrogen (secondary N) is 1. The SMILES string of the molecule is Cc1ccc(C(=O)N(CC(=O)Nc2nc(-c3ccccc3)cn2-c2ccc(C)c(F)c2)C(C)C)cc1. The summed E-state index contributed by atoms with van der Waals surface area (Å²) in [5.74, 6) is -0.736. The van der Waals surface area contributed by atoms with E-state index in [1.54, 1.807) is 42.0 Å². The highest BCUT2D eigenvalue weighted by Crippen LogP contribution is 2.25. The highest BCUT2D eigenvalue weighted by atomic mass is 19.1. The van der Waals surface area contributed by atoms with Crippen molar-refractivity contribution >= 4 is 17.8 Å². The molecule has 36 heavy (non-hydrogen) atoms. The van der Waals surface area contributed by atoms with Gasteiger partial charge in [-0.15, -0.1) is 0 Å². The lowest BCUT2D eigenvalue weighted by Crippen LogP contribution is -2.42. The maximum absolute atomic E-state index is 14.4. The molecular formula is C29H29FN4O2. The fourth-order valence-electron chi connectivity index (χ4n) is 3.81. The lowest BCUT2D eigenvalue weighted by atomic mass is 10.1. The van der Waals surface area contributed by atoms with Gasteiger partial charge in [0, 0.05) is 23.4 Å². The fourth-order valence-corrected chi connectivity index (χ4v) is 3.81. The van der Waals surface area contributed by atoms with Crippen molar-refractivity contribution in [2.24, 2.45) is 0 Å². The minimum Gasteiger partial charge on any atom is -0.327 e. The van der Waals surface area contributed by atoms with Gasteiger partial charge in [0.15, 0.2) is 0 Å². The molecule has 6 nitrogen and oxygen atoms in total. The third-order valence-corrected chi connectivity index (χ3v) is 5.96. The number of amides is 2. The van der Waals surface area contributed by atoms with Crippen LogP contribution < -0.4 is 5.32 Å². The summed E-state index contributed by atoms with van der Waals surface area (Å²) in [5.41, 5.74) is 4.11. The van der Waals surface area contributed by atoms with Crippen LogP contribution in [0, 0.1) is 19.7 Å². The summed E-state index contributed by atoms with van der Waals surface area (Å²) in [6, 6.07) is 21.4. The number of carbonyl (C=O) groups excluding carboxylic acids is 2. The van der Waals surface area contributed by atoms with Crippen LogP contribution in [0.4, 0.5) is 10.3 Å². The first kappa shape index (κ1) is 24.9. The van der Waals surface area contributed by atoms with E-state index in [0.29, 0.717) is 22.5 Å². The molecule has 184 valence electrons. The van der Waals surface area contributed by atoms with E-state index in [0.717, 1.165) is 11.1 Å². The molecule has 0 aliphatic carbocycles. The average molecular weight is 485 g/mol. The molecular weight excluding hydrogens is 455 g/mol. The number of hydrogen-bond acceptors (Lipinski definition) is 3. The number of halogens is 1. The van der Waals surface area contributed by atoms with Crippen molar-refractivity contribution in [3.8, 4) is 16.9 Å². The summed E-state index contributed by atoms with van der Waals surface area (Å²) in [6.45, 7) is 7.22. The number of carbonyl (C=O) groups is 2. The number of imidazole rings is 1. The zero-order valence-electron chi connectivity index (χ0n) is 20.8. The Bertz CT molecular complexity index is 1380. The van der Waals surface area contributed by atoms with Gasteiger partial charge in [-0.1, -0.05) is 54.1 Å². The van der Waals surface area contributed by atoms with E-state index in [1.807, 2.05) is 63.2 Å². The average Bonchev–Trinajstić information content (AvgIpc) is 3.28. The number of benzene rings is 3. The summed E-state index contributed by atoms with van der Waals surface area (Å²) >= 11 is 0. The predicted octanol–water partition coefficient (Wildman–Crippen LogP) is 5.78. The zero-order valence-corrected chi connectivity index (χ0v) is 20.8. The molecule has 1 aromatic heterocycles. The standard InChI is InChI=1S/C29H29FN4O2/c1-19(2)33(28(36)23-13-10-20(3)11-14-23)18-27(35)32-29-31-26(22-8-6-5-7-9-22)17-34(29)24-15-12-21(4)25(30)16-24/h5-17,19H,18H2,1-4H3,(H,31,32,35). The van der Waals surface area contributed by atoms with Gasteiger partial charge >= 0.3 is 0 Å². The lowest BCUT2D eigenvalue weighted by molar-refractivity contribution is -0.117. The molecule has 0 radical (unpaired) electrons. The van der Waals surface area contributed by atoms with E-state index in [-0.39, 0.29) is 30.3 Å². The third kappa shape index (κ3) is 5.51. The van der Waals surface area contributed by atoms with Gasteiger partial charge in [-0.3, -0.25) is 19.5 Å². The van der Waals surface area contributed by atoms with Crippen molar-refractivity contribution in [2.75, 3.05) is 11.9 Å². The number of anilines is 1. The molecule has 0 bridgehead atoms. The van der Waals surface area contributed by atoms with Crippen molar-refractivity contribution in [1.29, 1.82) is 0 Å². The second kappa shape index (κ2) is 10.6. The van der Waals surface area contributed by atoms with Gasteiger partial charge in [0.1, 0.15) is 12.4 Å². The molecule has 1 heterocycles. The lowest BCUT2D eigenvalue weighted by Gasteiger charge is -2.26. The number of hydrogen-bond donors (Lipinski definition) is 1. The highest BCUT2D eigenvalue weighted by Gasteiger charge is 2.23. The molecule has 0 fully saturated rings. The molecule has 7 heteroatoms. The molecule has 2 amide bonds. The molecule has 0 aliphatic rings. The van der Waals surface area contributed by atoms with Crippen LogP contribution in [0.1, 0.15) is 35.3 Å². The third-order valence-electron chi connectivity index (χ3n) is 5.96. The fraction of sp³-hybridized carbons (Fsp3) is 0.207. The molecule has 0 atom stereocenters. The number of aryl methyl sites for hydroxylation is 2. The van der Waals surface area contributed by atoms with Gasteiger partial charge in [0.2, 0.25) is 11.9 Å². The molecule has 0 aliphatic heterocycles. The summed E-state index contributed by atoms with van der Waals surface area (Å²) in [4.78, 5) is 32.4. The number of aromatic nitrogens is 2. The number of rotatable bonds is 7. The first-order valence-corrected chi connectivity index (χ1v) is 11.8. The number of nitrogens with zero attached hydrogens (tertiary/aromatic N) is 3. The van der Waals surface area contributed by atoms with Gasteiger partial charge in [0.05, 0.1) is 11.4 Å². The smallest absolute Gasteiger partial charge is 0.254 e. The van der Waals surface area contributed by atoms with Gasteiger partial charge in [-0.25, -0.2) is 9.37 Å². The van der Waals surface area contributed by atoms with E-state index in [9.17, 15) is 14.0 Å². The van der Waals surface area contributed by atoms with Crippen LogP contribution in [0.2, 0.25) is 0 Å². The molecule has 1 N–H and O–H groups in total. The van der Waals surface area contributed by atoms with Crippen molar-refractivity contribution in [3.63, 3.8) is 0 Å². The quantitative estimate of drug-likeness (QED) is 0.361. The summed E-state index contributed by atoms with van der Waals surface area (Å²) in [7, 11) is 0. The molecule has 4 rings (SSSR count). The van der Waals surface area contributed by atoms with E-state index >= 15 is 0 Å². The minimum atomic E-state index is -0.400. The van der Waals surface area contributed by atoms with Crippen LogP contribution >= 0.6 is 0 Å². The van der Waals surface area contributed by atoms with Crippen molar-refractivity contribution < 1.29 is 14.0 Å². The predicted molar refractivity (Wildman–Crippen MR) is 140 cm³/mol. The maximum Gasteiger partial charge on any atom is 0.254 e. The van der Waals surface area contributed by atoms with Gasteiger partial charge in [0.25, 0.3) is 5.91 Å². The zero-order chi connectivity index (χ0) is 25.8. The molecule has 0 unspecified atom stereocenters. The van der Waals surface area contributed by atoms with Crippen molar-refractivity contribution in [1.82, 2.24) is 14.5 Å². The van der Waals surface area contributed by atoms with Crippen LogP contribution in [-0.2, 0) is 4.79 Å². The van der Waals surface area contributed by atoms with Crippen molar-refractivity contribution in [3.05, 3.63) is 102 Å². The Morgan fingerprint density at radius 1 is 1.00 bits per heavy atom. The van der Waals surface area contributed by atoms with E-state index in [4.69, 9.17) is 0 Å². The molecule has 0 saturated heterocycles. The Balaban J connectivity index is 1.63. The second-order valence-electron chi connectivity index (χ2n) is 9.06. The van der Waals surface area contributed by atoms with Gasteiger partial charge in [-0.05, 0) is 57.5 Å². The van der Waals surface area contributed by atoms with Gasteiger partial charge in [-0.2, -0.15) is 0 Å². The Morgan fingerprint density at radius 2 is 1.69 bits per heavy atom. The molecule has 0 spiro atoms. The van der Waals surface area contributed by atoms with Crippen LogP contribution in [0.15, 0.2) is 79.0 Å². The van der Waals surface area contributed by atoms with Crippen LogP contribution in [0.5, 0.6) is 0 Å². The van der Waals surface area contributed by atoms with Crippen LogP contribution in [-0.4, -0.2) is 38.9 Å². The Morgan fingerprint density at radius 3 is 2.33 bits per heavy atom. The second-order valence-corrected chi connectivity index (χ2v) is 9.06. The first-order valence-electron chi connectivity index (χ1n) is 11.8. The summed E-state index contributed by atoms with van der Waals surface area (Å²) in [6.07, 6.45) is 1.76. The molecule has 4 aromatic rings. The van der Waals surface area contributed by atoms with Gasteiger partial charge < -0.3 is 4.90 Å². The van der Waals surface area contributed by atoms with E-state index < -0.39 is 5.91 Å². The Labute approximate surface area is 210 Å². The largest absolute Gasteiger partial charge is 0.327 e. The first-order chi connectivity index (χ1) is 17.2. The topological polar surface area (TPSA) is 67.2 Å². The highest BCUT2D eigenvalue weighted by molar-refractivity contribution is 5.99.